The molecule has 6 rings (SSSR count). The van der Waals surface area contributed by atoms with Gasteiger partial charge < -0.3 is 4.74 Å². The molecule has 38 heavy (non-hydrogen) atoms. The van der Waals surface area contributed by atoms with Gasteiger partial charge in [-0.15, -0.1) is 0 Å². The monoisotopic (exact) mass is 490 g/mol. The van der Waals surface area contributed by atoms with Crippen LogP contribution in [0.3, 0.4) is 0 Å². The minimum Gasteiger partial charge on any atom is -0.440 e. The molecular formula is C36H26O2. The highest BCUT2D eigenvalue weighted by atomic mass is 16.5. The molecule has 0 fully saturated rings. The van der Waals surface area contributed by atoms with E-state index in [1.165, 1.54) is 0 Å². The third kappa shape index (κ3) is 4.90. The fourth-order valence-electron chi connectivity index (χ4n) is 4.96. The third-order valence-electron chi connectivity index (χ3n) is 6.93. The van der Waals surface area contributed by atoms with Crippen LogP contribution in [0.4, 0.5) is 0 Å². The van der Waals surface area contributed by atoms with Crippen molar-refractivity contribution < 1.29 is 9.53 Å². The van der Waals surface area contributed by atoms with Crippen LogP contribution >= 0.6 is 0 Å². The van der Waals surface area contributed by atoms with Crippen LogP contribution in [0.25, 0.3) is 38.4 Å². The molecule has 0 heterocycles. The zero-order valence-electron chi connectivity index (χ0n) is 21.0. The molecule has 2 nitrogen and oxygen atoms in total. The van der Waals surface area contributed by atoms with Gasteiger partial charge in [0.1, 0.15) is 0 Å². The third-order valence-corrected chi connectivity index (χ3v) is 6.93. The predicted octanol–water partition coefficient (Wildman–Crippen LogP) is 8.34. The fraction of sp³-hybridized carbons (Fsp3) is 0.139. The summed E-state index contributed by atoms with van der Waals surface area (Å²) in [5.41, 5.74) is 2.27. The van der Waals surface area contributed by atoms with Crippen molar-refractivity contribution in [3.05, 3.63) is 114 Å². The number of fused-ring (bicyclic) bond motifs is 3. The smallest absolute Gasteiger partial charge is 0.340 e. The van der Waals surface area contributed by atoms with E-state index in [1.54, 1.807) is 0 Å². The van der Waals surface area contributed by atoms with Crippen molar-refractivity contribution in [3.8, 4) is 23.7 Å². The fourth-order valence-corrected chi connectivity index (χ4v) is 4.96. The molecule has 182 valence electrons. The molecule has 5 aromatic rings. The molecule has 5 aromatic carbocycles. The first kappa shape index (κ1) is 23.6. The van der Waals surface area contributed by atoms with Crippen molar-refractivity contribution >= 4 is 44.4 Å². The van der Waals surface area contributed by atoms with E-state index < -0.39 is 12.1 Å². The Morgan fingerprint density at radius 3 is 2.26 bits per heavy atom. The highest BCUT2D eigenvalue weighted by molar-refractivity contribution is 6.09. The van der Waals surface area contributed by atoms with Gasteiger partial charge in [0, 0.05) is 12.8 Å². The molecule has 0 aromatic heterocycles. The van der Waals surface area contributed by atoms with Crippen LogP contribution in [0.15, 0.2) is 103 Å². The molecule has 0 radical (unpaired) electrons. The number of ether oxygens (including phenoxy) is 1. The molecule has 1 atom stereocenters. The highest BCUT2D eigenvalue weighted by Crippen LogP contribution is 2.27. The molecule has 1 aliphatic rings. The second-order valence-electron chi connectivity index (χ2n) is 9.51. The molecule has 2 heteroatoms. The van der Waals surface area contributed by atoms with Gasteiger partial charge in [-0.1, -0.05) is 103 Å². The molecule has 0 spiro atoms. The van der Waals surface area contributed by atoms with Gasteiger partial charge in [0.25, 0.3) is 0 Å². The summed E-state index contributed by atoms with van der Waals surface area (Å²) in [4.78, 5) is 13.7. The van der Waals surface area contributed by atoms with Crippen molar-refractivity contribution in [2.24, 2.45) is 0 Å². The number of hydrogen-bond donors (Lipinski definition) is 0. The summed E-state index contributed by atoms with van der Waals surface area (Å²) in [5, 5.41) is 6.37. The molecular weight excluding hydrogens is 464 g/mol. The van der Waals surface area contributed by atoms with Crippen LogP contribution < -0.4 is 0 Å². The van der Waals surface area contributed by atoms with E-state index >= 15 is 0 Å². The first-order valence-corrected chi connectivity index (χ1v) is 13.1. The van der Waals surface area contributed by atoms with Crippen LogP contribution in [-0.4, -0.2) is 12.1 Å². The van der Waals surface area contributed by atoms with Crippen LogP contribution in [-0.2, 0) is 4.74 Å². The summed E-state index contributed by atoms with van der Waals surface area (Å²) < 4.78 is 6.14. The van der Waals surface area contributed by atoms with Crippen molar-refractivity contribution in [2.75, 3.05) is 0 Å². The minimum absolute atomic E-state index is 0.395. The first-order valence-electron chi connectivity index (χ1n) is 13.1. The first-order chi connectivity index (χ1) is 18.8. The number of carbonyl (C=O) groups excluding carboxylic acids is 1. The Hall–Kier alpha value is -4.79. The summed E-state index contributed by atoms with van der Waals surface area (Å²) in [5.74, 6) is 12.7. The molecule has 0 saturated carbocycles. The Morgan fingerprint density at radius 1 is 0.711 bits per heavy atom. The van der Waals surface area contributed by atoms with Gasteiger partial charge in [-0.3, -0.25) is 0 Å². The maximum absolute atomic E-state index is 13.7. The Kier molecular flexibility index (Phi) is 6.63. The Bertz CT molecular complexity index is 1830. The van der Waals surface area contributed by atoms with Crippen molar-refractivity contribution in [2.45, 2.75) is 31.8 Å². The zero-order chi connectivity index (χ0) is 25.7. The summed E-state index contributed by atoms with van der Waals surface area (Å²) in [7, 11) is 0. The molecule has 0 amide bonds. The van der Waals surface area contributed by atoms with E-state index in [9.17, 15) is 4.79 Å². The summed E-state index contributed by atoms with van der Waals surface area (Å²) in [6.45, 7) is 0. The number of esters is 1. The molecule has 0 N–H and O–H groups in total. The molecule has 0 bridgehead atoms. The molecule has 1 unspecified atom stereocenters. The number of hydrogen-bond acceptors (Lipinski definition) is 2. The Labute approximate surface area is 222 Å². The molecule has 0 aliphatic heterocycles. The van der Waals surface area contributed by atoms with Crippen molar-refractivity contribution in [3.63, 3.8) is 0 Å². The second kappa shape index (κ2) is 10.7. The maximum Gasteiger partial charge on any atom is 0.340 e. The lowest BCUT2D eigenvalue weighted by Crippen LogP contribution is -2.19. The molecule has 1 aliphatic carbocycles. The van der Waals surface area contributed by atoms with Gasteiger partial charge in [0.15, 0.2) is 6.10 Å². The van der Waals surface area contributed by atoms with Crippen molar-refractivity contribution in [1.29, 1.82) is 0 Å². The standard InChI is InChI=1S/C36H26O2/c37-36(33-21-12-19-30-23-27-14-7-8-15-28(27)25-34(30)33)38-35-22-6-4-2-1-3-5-16-31(35)24-29-18-11-17-26-13-9-10-20-32(26)29/h7-15,17-21,23-25,35H,1-4H2/b31-24+. The normalized spacial score (nSPS) is 16.4. The van der Waals surface area contributed by atoms with Crippen LogP contribution in [0.1, 0.15) is 41.6 Å². The predicted molar refractivity (Wildman–Crippen MR) is 157 cm³/mol. The largest absolute Gasteiger partial charge is 0.440 e. The number of benzene rings is 5. The second-order valence-corrected chi connectivity index (χ2v) is 9.51. The molecule has 0 saturated heterocycles. The van der Waals surface area contributed by atoms with Gasteiger partial charge >= 0.3 is 5.97 Å². The number of carbonyl (C=O) groups is 1. The lowest BCUT2D eigenvalue weighted by Gasteiger charge is -2.15. The van der Waals surface area contributed by atoms with Gasteiger partial charge in [0.05, 0.1) is 11.1 Å². The van der Waals surface area contributed by atoms with Crippen LogP contribution in [0, 0.1) is 23.7 Å². The average molecular weight is 491 g/mol. The summed E-state index contributed by atoms with van der Waals surface area (Å²) in [6.07, 6.45) is 4.84. The summed E-state index contributed by atoms with van der Waals surface area (Å²) >= 11 is 0. The van der Waals surface area contributed by atoms with Crippen LogP contribution in [0.5, 0.6) is 0 Å². The van der Waals surface area contributed by atoms with Gasteiger partial charge in [0.2, 0.25) is 0 Å². The van der Waals surface area contributed by atoms with E-state index in [1.807, 2.05) is 54.6 Å². The number of rotatable bonds is 3. The van der Waals surface area contributed by atoms with E-state index in [0.29, 0.717) is 11.1 Å². The van der Waals surface area contributed by atoms with E-state index in [0.717, 1.165) is 63.6 Å². The Morgan fingerprint density at radius 2 is 1.39 bits per heavy atom. The van der Waals surface area contributed by atoms with Crippen LogP contribution in [0.2, 0.25) is 0 Å². The van der Waals surface area contributed by atoms with Crippen molar-refractivity contribution in [1.82, 2.24) is 0 Å². The lowest BCUT2D eigenvalue weighted by molar-refractivity contribution is 0.0469. The topological polar surface area (TPSA) is 26.3 Å². The van der Waals surface area contributed by atoms with E-state index in [4.69, 9.17) is 4.74 Å². The van der Waals surface area contributed by atoms with Gasteiger partial charge in [-0.05, 0) is 75.0 Å². The minimum atomic E-state index is -0.747. The maximum atomic E-state index is 13.7. The van der Waals surface area contributed by atoms with E-state index in [2.05, 4.69) is 72.2 Å². The highest BCUT2D eigenvalue weighted by Gasteiger charge is 2.20. The lowest BCUT2D eigenvalue weighted by atomic mass is 9.99. The average Bonchev–Trinajstić information content (AvgIpc) is 2.96. The zero-order valence-corrected chi connectivity index (χ0v) is 21.0. The Balaban J connectivity index is 1.42. The van der Waals surface area contributed by atoms with Gasteiger partial charge in [-0.25, -0.2) is 4.79 Å². The van der Waals surface area contributed by atoms with Gasteiger partial charge in [-0.2, -0.15) is 0 Å². The SMILES string of the molecule is O=C(OC1C#CCCCCC#C/C1=C\c1cccc2ccccc12)c1cccc2cc3ccccc3cc12. The van der Waals surface area contributed by atoms with E-state index in [-0.39, 0.29) is 0 Å². The quantitative estimate of drug-likeness (QED) is 0.144. The summed E-state index contributed by atoms with van der Waals surface area (Å²) in [6, 6.07) is 32.6.